The van der Waals surface area contributed by atoms with Crippen molar-refractivity contribution in [2.75, 3.05) is 19.0 Å². The van der Waals surface area contributed by atoms with Gasteiger partial charge in [0.25, 0.3) is 0 Å². The maximum Gasteiger partial charge on any atom is 0.170 e. The minimum absolute atomic E-state index is 0.673. The fourth-order valence-corrected chi connectivity index (χ4v) is 2.62. The molecule has 23 heavy (non-hydrogen) atoms. The van der Waals surface area contributed by atoms with Gasteiger partial charge in [-0.1, -0.05) is 29.8 Å². The van der Waals surface area contributed by atoms with Crippen LogP contribution >= 0.6 is 12.2 Å². The Balaban J connectivity index is 1.72. The second-order valence-corrected chi connectivity index (χ2v) is 6.06. The quantitative estimate of drug-likeness (QED) is 0.614. The summed E-state index contributed by atoms with van der Waals surface area (Å²) in [4.78, 5) is 0. The average molecular weight is 328 g/mol. The fraction of sp³-hybridized carbons (Fsp3) is 0.316. The second-order valence-electron chi connectivity index (χ2n) is 5.65. The highest BCUT2D eigenvalue weighted by Crippen LogP contribution is 2.16. The van der Waals surface area contributed by atoms with Gasteiger partial charge in [-0.05, 0) is 68.2 Å². The average Bonchev–Trinajstić information content (AvgIpc) is 2.55. The monoisotopic (exact) mass is 328 g/mol. The highest BCUT2D eigenvalue weighted by Gasteiger charge is 2.01. The van der Waals surface area contributed by atoms with Crippen molar-refractivity contribution in [2.24, 2.45) is 0 Å². The minimum atomic E-state index is 0.673. The zero-order valence-corrected chi connectivity index (χ0v) is 14.8. The first-order chi connectivity index (χ1) is 11.1. The van der Waals surface area contributed by atoms with Crippen LogP contribution in [0, 0.1) is 13.8 Å². The Kier molecular flexibility index (Phi) is 6.41. The molecule has 0 heterocycles. The summed E-state index contributed by atoms with van der Waals surface area (Å²) in [6.07, 6.45) is 2.05. The fourth-order valence-electron chi connectivity index (χ4n) is 2.41. The van der Waals surface area contributed by atoms with Crippen LogP contribution in [-0.2, 0) is 6.42 Å². The lowest BCUT2D eigenvalue weighted by molar-refractivity contribution is 0.414. The maximum absolute atomic E-state index is 5.35. The van der Waals surface area contributed by atoms with Crippen molar-refractivity contribution in [2.45, 2.75) is 26.7 Å². The summed E-state index contributed by atoms with van der Waals surface area (Å²) < 4.78 is 5.16. The molecule has 0 amide bonds. The van der Waals surface area contributed by atoms with Crippen LogP contribution in [0.5, 0.6) is 5.75 Å². The molecule has 0 aliphatic heterocycles. The largest absolute Gasteiger partial charge is 0.497 e. The van der Waals surface area contributed by atoms with Gasteiger partial charge >= 0.3 is 0 Å². The Morgan fingerprint density at radius 2 is 1.83 bits per heavy atom. The van der Waals surface area contributed by atoms with E-state index in [2.05, 4.69) is 54.8 Å². The molecule has 0 spiro atoms. The van der Waals surface area contributed by atoms with Crippen LogP contribution in [0.1, 0.15) is 23.1 Å². The highest BCUT2D eigenvalue weighted by atomic mass is 32.1. The van der Waals surface area contributed by atoms with Gasteiger partial charge in [-0.15, -0.1) is 0 Å². The van der Waals surface area contributed by atoms with Gasteiger partial charge in [-0.2, -0.15) is 0 Å². The molecule has 0 saturated heterocycles. The van der Waals surface area contributed by atoms with E-state index in [9.17, 15) is 0 Å². The molecule has 2 N–H and O–H groups in total. The third kappa shape index (κ3) is 5.57. The van der Waals surface area contributed by atoms with Gasteiger partial charge in [0.1, 0.15) is 5.75 Å². The van der Waals surface area contributed by atoms with Gasteiger partial charge in [0.05, 0.1) is 7.11 Å². The zero-order valence-electron chi connectivity index (χ0n) is 14.0. The van der Waals surface area contributed by atoms with Crippen molar-refractivity contribution in [3.63, 3.8) is 0 Å². The molecule has 122 valence electrons. The van der Waals surface area contributed by atoms with E-state index < -0.39 is 0 Å². The van der Waals surface area contributed by atoms with Crippen molar-refractivity contribution in [1.29, 1.82) is 0 Å². The SMILES string of the molecule is COc1ccc(CCCNC(=S)Nc2ccc(C)cc2C)cc1. The van der Waals surface area contributed by atoms with Crippen LogP contribution in [0.15, 0.2) is 42.5 Å². The summed E-state index contributed by atoms with van der Waals surface area (Å²) in [5.74, 6) is 0.894. The lowest BCUT2D eigenvalue weighted by atomic mass is 10.1. The molecule has 0 aliphatic carbocycles. The third-order valence-corrected chi connectivity index (χ3v) is 3.96. The molecule has 4 heteroatoms. The Labute approximate surface area is 144 Å². The standard InChI is InChI=1S/C19H24N2OS/c1-14-6-11-18(15(2)13-14)21-19(23)20-12-4-5-16-7-9-17(22-3)10-8-16/h6-11,13H,4-5,12H2,1-3H3,(H2,20,21,23). The molecule has 2 aromatic rings. The molecule has 0 fully saturated rings. The second kappa shape index (κ2) is 8.53. The van der Waals surface area contributed by atoms with Crippen LogP contribution in [0.3, 0.4) is 0 Å². The molecular weight excluding hydrogens is 304 g/mol. The van der Waals surface area contributed by atoms with Gasteiger partial charge in [-0.3, -0.25) is 0 Å². The number of hydrogen-bond acceptors (Lipinski definition) is 2. The van der Waals surface area contributed by atoms with Crippen molar-refractivity contribution >= 4 is 23.0 Å². The number of benzene rings is 2. The van der Waals surface area contributed by atoms with Gasteiger partial charge in [0.15, 0.2) is 5.11 Å². The van der Waals surface area contributed by atoms with E-state index in [4.69, 9.17) is 17.0 Å². The highest BCUT2D eigenvalue weighted by molar-refractivity contribution is 7.80. The predicted octanol–water partition coefficient (Wildman–Crippen LogP) is 4.23. The third-order valence-electron chi connectivity index (χ3n) is 3.72. The lowest BCUT2D eigenvalue weighted by Crippen LogP contribution is -2.29. The van der Waals surface area contributed by atoms with Gasteiger partial charge < -0.3 is 15.4 Å². The lowest BCUT2D eigenvalue weighted by Gasteiger charge is -2.13. The molecule has 0 bridgehead atoms. The first-order valence-electron chi connectivity index (χ1n) is 7.83. The molecule has 0 aliphatic rings. The van der Waals surface area contributed by atoms with Crippen molar-refractivity contribution in [3.05, 3.63) is 59.2 Å². The number of methoxy groups -OCH3 is 1. The van der Waals surface area contributed by atoms with Gasteiger partial charge in [0.2, 0.25) is 0 Å². The summed E-state index contributed by atoms with van der Waals surface area (Å²) in [5.41, 5.74) is 4.82. The number of hydrogen-bond donors (Lipinski definition) is 2. The zero-order chi connectivity index (χ0) is 16.7. The minimum Gasteiger partial charge on any atom is -0.497 e. The molecule has 2 aromatic carbocycles. The first-order valence-corrected chi connectivity index (χ1v) is 8.24. The predicted molar refractivity (Wildman–Crippen MR) is 101 cm³/mol. The van der Waals surface area contributed by atoms with Crippen LogP contribution in [0.25, 0.3) is 0 Å². The Bertz CT molecular complexity index is 653. The van der Waals surface area contributed by atoms with E-state index in [-0.39, 0.29) is 0 Å². The number of thiocarbonyl (C=S) groups is 1. The normalized spacial score (nSPS) is 10.2. The van der Waals surface area contributed by atoms with E-state index in [0.717, 1.165) is 30.8 Å². The van der Waals surface area contributed by atoms with Crippen LogP contribution < -0.4 is 15.4 Å². The van der Waals surface area contributed by atoms with Crippen molar-refractivity contribution < 1.29 is 4.74 Å². The summed E-state index contributed by atoms with van der Waals surface area (Å²) in [6.45, 7) is 5.02. The number of ether oxygens (including phenoxy) is 1. The van der Waals surface area contributed by atoms with Gasteiger partial charge in [0, 0.05) is 12.2 Å². The Hall–Kier alpha value is -2.07. The summed E-state index contributed by atoms with van der Waals surface area (Å²) in [5, 5.41) is 7.19. The topological polar surface area (TPSA) is 33.3 Å². The Morgan fingerprint density at radius 3 is 2.48 bits per heavy atom. The number of nitrogens with one attached hydrogen (secondary N) is 2. The van der Waals surface area contributed by atoms with Crippen LogP contribution in [0.4, 0.5) is 5.69 Å². The molecule has 0 radical (unpaired) electrons. The smallest absolute Gasteiger partial charge is 0.170 e. The van der Waals surface area contributed by atoms with E-state index in [0.29, 0.717) is 5.11 Å². The molecule has 2 rings (SSSR count). The number of rotatable bonds is 6. The Morgan fingerprint density at radius 1 is 1.09 bits per heavy atom. The number of anilines is 1. The molecule has 0 atom stereocenters. The van der Waals surface area contributed by atoms with E-state index in [1.165, 1.54) is 16.7 Å². The molecule has 0 saturated carbocycles. The van der Waals surface area contributed by atoms with E-state index in [1.807, 2.05) is 12.1 Å². The molecule has 0 unspecified atom stereocenters. The molecular formula is C19H24N2OS. The first kappa shape index (κ1) is 17.3. The van der Waals surface area contributed by atoms with Crippen molar-refractivity contribution in [1.82, 2.24) is 5.32 Å². The summed E-state index contributed by atoms with van der Waals surface area (Å²) >= 11 is 5.35. The van der Waals surface area contributed by atoms with Gasteiger partial charge in [-0.25, -0.2) is 0 Å². The molecule has 0 aromatic heterocycles. The number of aryl methyl sites for hydroxylation is 3. The van der Waals surface area contributed by atoms with Crippen LogP contribution in [-0.4, -0.2) is 18.8 Å². The summed E-state index contributed by atoms with van der Waals surface area (Å²) in [6, 6.07) is 14.5. The van der Waals surface area contributed by atoms with Crippen molar-refractivity contribution in [3.8, 4) is 5.75 Å². The van der Waals surface area contributed by atoms with E-state index in [1.54, 1.807) is 7.11 Å². The molecule has 3 nitrogen and oxygen atoms in total. The maximum atomic E-state index is 5.35. The summed E-state index contributed by atoms with van der Waals surface area (Å²) in [7, 11) is 1.68. The van der Waals surface area contributed by atoms with Crippen LogP contribution in [0.2, 0.25) is 0 Å². The van der Waals surface area contributed by atoms with E-state index >= 15 is 0 Å².